The maximum absolute atomic E-state index is 13.3. The van der Waals surface area contributed by atoms with Crippen LogP contribution in [0, 0.1) is 0 Å². The number of nitrogens with one attached hydrogen (secondary N) is 2. The maximum Gasteiger partial charge on any atom is 0.347 e. The van der Waals surface area contributed by atoms with Crippen molar-refractivity contribution in [2.24, 2.45) is 5.16 Å². The number of likely N-dealkylation sites (N-methyl/N-ethyl adjacent to an activating group) is 1. The number of aliphatic carboxylic acids is 2. The first-order chi connectivity index (χ1) is 21.0. The van der Waals surface area contributed by atoms with Crippen LogP contribution in [0.3, 0.4) is 0 Å². The summed E-state index contributed by atoms with van der Waals surface area (Å²) in [6.07, 6.45) is 2.39. The molecule has 2 aliphatic rings. The van der Waals surface area contributed by atoms with Gasteiger partial charge in [0.05, 0.1) is 11.7 Å². The molecular formula is C26H27ClN8O7S2. The molecule has 232 valence electrons. The first kappa shape index (κ1) is 31.2. The average Bonchev–Trinajstić information content (AvgIpc) is 3.56. The fraction of sp³-hybridized carbons (Fsp3) is 0.346. The Kier molecular flexibility index (Phi) is 9.10. The monoisotopic (exact) mass is 662 g/mol. The number of thioether (sulfide) groups is 1. The molecule has 5 rings (SSSR count). The number of pyridine rings is 1. The Morgan fingerprint density at radius 1 is 1.39 bits per heavy atom. The predicted molar refractivity (Wildman–Crippen MR) is 159 cm³/mol. The first-order valence-electron chi connectivity index (χ1n) is 13.2. The quantitative estimate of drug-likeness (QED) is 0.0812. The number of nitrogens with zero attached hydrogens (tertiary/aromatic N) is 5. The van der Waals surface area contributed by atoms with Crippen molar-refractivity contribution in [3.63, 3.8) is 0 Å². The highest BCUT2D eigenvalue weighted by Crippen LogP contribution is 2.40. The van der Waals surface area contributed by atoms with Crippen LogP contribution < -0.4 is 26.0 Å². The molecule has 0 aliphatic carbocycles. The van der Waals surface area contributed by atoms with Crippen LogP contribution in [-0.2, 0) is 37.1 Å². The van der Waals surface area contributed by atoms with Crippen molar-refractivity contribution in [3.05, 3.63) is 51.9 Å². The summed E-state index contributed by atoms with van der Waals surface area (Å²) in [6.45, 7) is 2.94. The van der Waals surface area contributed by atoms with Crippen LogP contribution in [-0.4, -0.2) is 85.9 Å². The van der Waals surface area contributed by atoms with Crippen LogP contribution in [0.1, 0.15) is 12.6 Å². The summed E-state index contributed by atoms with van der Waals surface area (Å²) in [7, 11) is 1.87. The lowest BCUT2D eigenvalue weighted by atomic mass is 10.0. The zero-order chi connectivity index (χ0) is 31.7. The van der Waals surface area contributed by atoms with Gasteiger partial charge in [-0.25, -0.2) is 9.78 Å². The van der Waals surface area contributed by atoms with Gasteiger partial charge < -0.3 is 40.8 Å². The van der Waals surface area contributed by atoms with Crippen molar-refractivity contribution in [2.45, 2.75) is 37.5 Å². The lowest BCUT2D eigenvalue weighted by molar-refractivity contribution is -0.663. The van der Waals surface area contributed by atoms with Crippen LogP contribution in [0.2, 0.25) is 4.34 Å². The molecule has 0 bridgehead atoms. The van der Waals surface area contributed by atoms with Gasteiger partial charge in [0.25, 0.3) is 11.8 Å². The Hall–Kier alpha value is -4.19. The SMILES string of the molecule is CNCCn1ccc2c1ccc[n+]2CC1=C(C(=O)[O-])N2C(=O)[C@@H](NC(=O)/C(=N\O[C@@H](C)C(=O)O)c3nc(N)sc3Cl)[C@H]2SC1. The van der Waals surface area contributed by atoms with E-state index in [9.17, 15) is 24.3 Å². The number of thiazole rings is 1. The maximum atomic E-state index is 13.3. The van der Waals surface area contributed by atoms with Crippen molar-refractivity contribution in [2.75, 3.05) is 25.1 Å². The summed E-state index contributed by atoms with van der Waals surface area (Å²) in [5, 5.41) is 30.0. The number of fused-ring (bicyclic) bond motifs is 2. The van der Waals surface area contributed by atoms with Crippen molar-refractivity contribution in [1.29, 1.82) is 0 Å². The minimum absolute atomic E-state index is 0.00621. The fourth-order valence-corrected chi connectivity index (χ4v) is 7.09. The second kappa shape index (κ2) is 12.8. The van der Waals surface area contributed by atoms with Gasteiger partial charge in [0.2, 0.25) is 11.6 Å². The summed E-state index contributed by atoms with van der Waals surface area (Å²) in [5.74, 6) is -4.20. The lowest BCUT2D eigenvalue weighted by Gasteiger charge is -2.50. The summed E-state index contributed by atoms with van der Waals surface area (Å²) in [5.41, 5.74) is 7.15. The zero-order valence-corrected chi connectivity index (χ0v) is 25.7. The smallest absolute Gasteiger partial charge is 0.347 e. The number of oxime groups is 1. The van der Waals surface area contributed by atoms with E-state index in [1.54, 1.807) is 0 Å². The Morgan fingerprint density at radius 3 is 2.82 bits per heavy atom. The van der Waals surface area contributed by atoms with Gasteiger partial charge in [-0.15, -0.1) is 11.8 Å². The molecule has 5 heterocycles. The number of hydrogen-bond acceptors (Lipinski definition) is 12. The third kappa shape index (κ3) is 5.95. The van der Waals surface area contributed by atoms with E-state index in [0.29, 0.717) is 5.57 Å². The normalized spacial score (nSPS) is 19.0. The molecule has 3 aromatic rings. The van der Waals surface area contributed by atoms with Gasteiger partial charge in [-0.1, -0.05) is 28.1 Å². The molecule has 2 amide bonds. The van der Waals surface area contributed by atoms with Gasteiger partial charge in [0, 0.05) is 42.7 Å². The van der Waals surface area contributed by atoms with Crippen molar-refractivity contribution in [3.8, 4) is 0 Å². The molecule has 0 radical (unpaired) electrons. The zero-order valence-electron chi connectivity index (χ0n) is 23.4. The highest BCUT2D eigenvalue weighted by molar-refractivity contribution is 8.00. The predicted octanol–water partition coefficient (Wildman–Crippen LogP) is -0.862. The minimum Gasteiger partial charge on any atom is -0.543 e. The van der Waals surface area contributed by atoms with E-state index >= 15 is 0 Å². The molecule has 0 spiro atoms. The molecule has 44 heavy (non-hydrogen) atoms. The number of carbonyl (C=O) groups is 4. The summed E-state index contributed by atoms with van der Waals surface area (Å²) in [6, 6.07) is 4.67. The molecule has 3 aromatic heterocycles. The van der Waals surface area contributed by atoms with Crippen molar-refractivity contribution < 1.29 is 38.8 Å². The number of carbonyl (C=O) groups excluding carboxylic acids is 3. The van der Waals surface area contributed by atoms with Gasteiger partial charge in [-0.3, -0.25) is 14.5 Å². The minimum atomic E-state index is -1.51. The van der Waals surface area contributed by atoms with Crippen LogP contribution in [0.4, 0.5) is 5.13 Å². The van der Waals surface area contributed by atoms with Gasteiger partial charge in [0.1, 0.15) is 27.0 Å². The molecule has 5 N–H and O–H groups in total. The van der Waals surface area contributed by atoms with E-state index in [-0.39, 0.29) is 33.2 Å². The molecule has 1 saturated heterocycles. The number of anilines is 1. The summed E-state index contributed by atoms with van der Waals surface area (Å²) in [4.78, 5) is 60.1. The molecule has 0 saturated carbocycles. The van der Waals surface area contributed by atoms with E-state index in [0.717, 1.165) is 40.4 Å². The number of halogens is 1. The molecule has 0 unspecified atom stereocenters. The van der Waals surface area contributed by atoms with E-state index in [4.69, 9.17) is 27.3 Å². The number of rotatable bonds is 12. The Balaban J connectivity index is 1.38. The number of β-lactam (4-membered cyclic amide) rings is 1. The molecule has 1 fully saturated rings. The number of aromatic nitrogens is 3. The Labute approximate surface area is 263 Å². The number of carboxylic acids is 2. The van der Waals surface area contributed by atoms with Crippen molar-refractivity contribution >= 4 is 80.3 Å². The standard InChI is InChI=1S/C26H27ClN8O7S2/c1-12(24(38)39)42-32-17(16-20(27)44-26(28)31-16)21(36)30-18-22(37)35-19(25(40)41)13(11-43-23(18)35)10-34-7-3-4-14-15(34)5-8-33(14)9-6-29-2/h3-5,7-8,12,18,23,29H,6,9-11H2,1-2H3,(H4-,28,30,31,36,38,39,40,41)/b32-17-/t12-,18+,23+/m0/s1. The summed E-state index contributed by atoms with van der Waals surface area (Å²) >= 11 is 8.30. The molecule has 15 nitrogen and oxygen atoms in total. The fourth-order valence-electron chi connectivity index (χ4n) is 4.82. The number of amides is 2. The summed E-state index contributed by atoms with van der Waals surface area (Å²) < 4.78 is 4.00. The number of carboxylic acid groups (broad SMARTS) is 2. The molecule has 0 aromatic carbocycles. The number of hydrogen-bond donors (Lipinski definition) is 4. The first-order valence-corrected chi connectivity index (χ1v) is 15.5. The van der Waals surface area contributed by atoms with Crippen molar-refractivity contribution in [1.82, 2.24) is 25.1 Å². The largest absolute Gasteiger partial charge is 0.543 e. The third-order valence-corrected chi connectivity index (χ3v) is 9.42. The second-order valence-electron chi connectivity index (χ2n) is 9.82. The third-order valence-electron chi connectivity index (χ3n) is 7.00. The van der Waals surface area contributed by atoms with Gasteiger partial charge in [0.15, 0.2) is 23.6 Å². The van der Waals surface area contributed by atoms with E-state index in [1.165, 1.54) is 18.7 Å². The van der Waals surface area contributed by atoms with Crippen LogP contribution in [0.25, 0.3) is 11.0 Å². The Bertz CT molecular complexity index is 1720. The van der Waals surface area contributed by atoms with Crippen LogP contribution in [0.5, 0.6) is 0 Å². The van der Waals surface area contributed by atoms with E-state index < -0.39 is 47.0 Å². The Morgan fingerprint density at radius 2 is 2.16 bits per heavy atom. The topological polar surface area (TPSA) is 208 Å². The van der Waals surface area contributed by atoms with Crippen LogP contribution >= 0.6 is 34.7 Å². The number of nitrogens with two attached hydrogens (primary N) is 1. The van der Waals surface area contributed by atoms with Gasteiger partial charge >= 0.3 is 5.97 Å². The number of nitrogen functional groups attached to an aromatic ring is 1. The molecule has 18 heteroatoms. The van der Waals surface area contributed by atoms with E-state index in [2.05, 4.69) is 25.3 Å². The highest BCUT2D eigenvalue weighted by atomic mass is 35.5. The highest BCUT2D eigenvalue weighted by Gasteiger charge is 2.53. The van der Waals surface area contributed by atoms with Gasteiger partial charge in [-0.2, -0.15) is 4.57 Å². The van der Waals surface area contributed by atoms with E-state index in [1.807, 2.05) is 42.2 Å². The molecule has 3 atom stereocenters. The average molecular weight is 663 g/mol. The molecule has 2 aliphatic heterocycles. The second-order valence-corrected chi connectivity index (χ2v) is 12.6. The van der Waals surface area contributed by atoms with Gasteiger partial charge in [-0.05, 0) is 20.0 Å². The lowest BCUT2D eigenvalue weighted by Crippen LogP contribution is -2.71. The molecular weight excluding hydrogens is 636 g/mol. The van der Waals surface area contributed by atoms with Crippen LogP contribution in [0.15, 0.2) is 47.0 Å².